The average molecular weight is 351 g/mol. The lowest BCUT2D eigenvalue weighted by Crippen LogP contribution is -2.20. The Balaban J connectivity index is 1.91. The van der Waals surface area contributed by atoms with Crippen molar-refractivity contribution in [3.8, 4) is 0 Å². The summed E-state index contributed by atoms with van der Waals surface area (Å²) < 4.78 is 3.66. The van der Waals surface area contributed by atoms with Crippen molar-refractivity contribution in [2.45, 2.75) is 46.2 Å². The molecule has 2 heterocycles. The molecule has 26 heavy (non-hydrogen) atoms. The third-order valence-corrected chi connectivity index (χ3v) is 4.22. The van der Waals surface area contributed by atoms with Gasteiger partial charge in [0.25, 0.3) is 5.91 Å². The van der Waals surface area contributed by atoms with Gasteiger partial charge in [-0.3, -0.25) is 4.79 Å². The summed E-state index contributed by atoms with van der Waals surface area (Å²) in [5.74, 6) is 0.846. The van der Waals surface area contributed by atoms with Crippen molar-refractivity contribution in [1.29, 1.82) is 0 Å². The monoisotopic (exact) mass is 351 g/mol. The number of amides is 1. The van der Waals surface area contributed by atoms with Crippen molar-refractivity contribution in [2.75, 3.05) is 5.32 Å². The Labute approximate surface area is 153 Å². The van der Waals surface area contributed by atoms with Gasteiger partial charge in [-0.25, -0.2) is 9.67 Å². The Bertz CT molecular complexity index is 887. The van der Waals surface area contributed by atoms with Gasteiger partial charge in [0.05, 0.1) is 12.2 Å². The maximum atomic E-state index is 12.7. The fourth-order valence-electron chi connectivity index (χ4n) is 2.71. The third-order valence-electron chi connectivity index (χ3n) is 4.22. The number of anilines is 1. The molecule has 0 fully saturated rings. The Kier molecular flexibility index (Phi) is 4.93. The van der Waals surface area contributed by atoms with E-state index in [1.165, 1.54) is 0 Å². The van der Waals surface area contributed by atoms with Crippen LogP contribution >= 0.6 is 0 Å². The van der Waals surface area contributed by atoms with E-state index in [2.05, 4.69) is 31.1 Å². The van der Waals surface area contributed by atoms with Crippen LogP contribution in [0, 0.1) is 0 Å². The zero-order chi connectivity index (χ0) is 18.7. The van der Waals surface area contributed by atoms with Crippen molar-refractivity contribution in [1.82, 2.24) is 19.3 Å². The molecule has 1 amide bonds. The fourth-order valence-corrected chi connectivity index (χ4v) is 2.71. The van der Waals surface area contributed by atoms with E-state index >= 15 is 0 Å². The van der Waals surface area contributed by atoms with Gasteiger partial charge < -0.3 is 9.88 Å². The highest BCUT2D eigenvalue weighted by atomic mass is 16.2. The zero-order valence-corrected chi connectivity index (χ0v) is 15.7. The number of benzene rings is 1. The first-order valence-corrected chi connectivity index (χ1v) is 8.83. The number of carbonyl (C=O) groups is 1. The minimum absolute atomic E-state index is 0.108. The van der Waals surface area contributed by atoms with Crippen molar-refractivity contribution in [2.24, 2.45) is 0 Å². The molecule has 0 bridgehead atoms. The quantitative estimate of drug-likeness (QED) is 0.762. The molecule has 0 spiro atoms. The first-order valence-electron chi connectivity index (χ1n) is 8.83. The molecule has 3 rings (SSSR count). The van der Waals surface area contributed by atoms with Crippen molar-refractivity contribution in [3.05, 3.63) is 65.9 Å². The van der Waals surface area contributed by atoms with E-state index in [0.29, 0.717) is 24.7 Å². The van der Waals surface area contributed by atoms with Gasteiger partial charge in [0.15, 0.2) is 5.82 Å². The summed E-state index contributed by atoms with van der Waals surface area (Å²) >= 11 is 0. The topological polar surface area (TPSA) is 64.7 Å². The molecule has 0 aliphatic heterocycles. The largest absolute Gasteiger partial charge is 0.327 e. The van der Waals surface area contributed by atoms with Gasteiger partial charge in [-0.1, -0.05) is 51.1 Å². The number of rotatable bonds is 5. The van der Waals surface area contributed by atoms with Gasteiger partial charge in [-0.15, -0.1) is 0 Å². The van der Waals surface area contributed by atoms with E-state index in [4.69, 9.17) is 5.10 Å². The van der Waals surface area contributed by atoms with Gasteiger partial charge in [0, 0.05) is 30.4 Å². The van der Waals surface area contributed by atoms with Crippen LogP contribution in [0.2, 0.25) is 0 Å². The predicted molar refractivity (Wildman–Crippen MR) is 102 cm³/mol. The van der Waals surface area contributed by atoms with Crippen LogP contribution in [0.1, 0.15) is 49.6 Å². The highest BCUT2D eigenvalue weighted by Crippen LogP contribution is 2.25. The molecule has 136 valence electrons. The normalized spacial score (nSPS) is 11.5. The highest BCUT2D eigenvalue weighted by Gasteiger charge is 2.22. The van der Waals surface area contributed by atoms with Crippen molar-refractivity contribution >= 4 is 11.7 Å². The van der Waals surface area contributed by atoms with Gasteiger partial charge in [-0.05, 0) is 12.5 Å². The molecule has 6 heteroatoms. The second-order valence-electron chi connectivity index (χ2n) is 7.30. The first-order chi connectivity index (χ1) is 12.4. The summed E-state index contributed by atoms with van der Waals surface area (Å²) in [4.78, 5) is 16.9. The molecule has 0 aliphatic rings. The summed E-state index contributed by atoms with van der Waals surface area (Å²) in [5, 5.41) is 7.71. The first kappa shape index (κ1) is 17.9. The maximum Gasteiger partial charge on any atom is 0.292 e. The Morgan fingerprint density at radius 2 is 1.92 bits per heavy atom. The summed E-state index contributed by atoms with van der Waals surface area (Å²) in [6, 6.07) is 12.0. The molecule has 0 atom stereocenters. The number of nitrogens with zero attached hydrogens (tertiary/aromatic N) is 4. The molecule has 0 saturated carbocycles. The van der Waals surface area contributed by atoms with E-state index in [1.807, 2.05) is 52.6 Å². The predicted octanol–water partition coefficient (Wildman–Crippen LogP) is 3.70. The van der Waals surface area contributed by atoms with Crippen molar-refractivity contribution < 1.29 is 4.79 Å². The molecule has 1 aromatic carbocycles. The number of carbonyl (C=O) groups excluding carboxylic acids is 1. The highest BCUT2D eigenvalue weighted by molar-refractivity contribution is 6.01. The van der Waals surface area contributed by atoms with Gasteiger partial charge in [0.2, 0.25) is 0 Å². The standard InChI is InChI=1S/C20H25N5O/c1-5-24-12-11-21-18(24)19(26)22-17-13-16(20(2,3)4)23-25(17)14-15-9-7-6-8-10-15/h6-13H,5,14H2,1-4H3,(H,22,26). The number of nitrogens with one attached hydrogen (secondary N) is 1. The van der Waals surface area contributed by atoms with E-state index in [1.54, 1.807) is 12.4 Å². The van der Waals surface area contributed by atoms with Crippen LogP contribution in [-0.2, 0) is 18.5 Å². The third kappa shape index (κ3) is 3.85. The van der Waals surface area contributed by atoms with E-state index in [9.17, 15) is 4.79 Å². The summed E-state index contributed by atoms with van der Waals surface area (Å²) in [6.07, 6.45) is 3.44. The second-order valence-corrected chi connectivity index (χ2v) is 7.30. The minimum atomic E-state index is -0.230. The average Bonchev–Trinajstić information content (AvgIpc) is 3.22. The Morgan fingerprint density at radius 3 is 2.58 bits per heavy atom. The zero-order valence-electron chi connectivity index (χ0n) is 15.7. The van der Waals surface area contributed by atoms with Crippen LogP contribution in [0.5, 0.6) is 0 Å². The smallest absolute Gasteiger partial charge is 0.292 e. The molecule has 6 nitrogen and oxygen atoms in total. The van der Waals surface area contributed by atoms with E-state index in [-0.39, 0.29) is 11.3 Å². The van der Waals surface area contributed by atoms with Crippen LogP contribution in [-0.4, -0.2) is 25.2 Å². The fraction of sp³-hybridized carbons (Fsp3) is 0.350. The van der Waals surface area contributed by atoms with Crippen molar-refractivity contribution in [3.63, 3.8) is 0 Å². The molecular weight excluding hydrogens is 326 g/mol. The molecule has 0 aliphatic carbocycles. The molecule has 2 aromatic heterocycles. The van der Waals surface area contributed by atoms with Crippen LogP contribution < -0.4 is 5.32 Å². The lowest BCUT2D eigenvalue weighted by molar-refractivity contribution is 0.101. The lowest BCUT2D eigenvalue weighted by atomic mass is 9.92. The van der Waals surface area contributed by atoms with Gasteiger partial charge in [0.1, 0.15) is 5.82 Å². The number of hydrogen-bond acceptors (Lipinski definition) is 3. The van der Waals surface area contributed by atoms with Crippen LogP contribution in [0.3, 0.4) is 0 Å². The number of aryl methyl sites for hydroxylation is 1. The Hall–Kier alpha value is -2.89. The molecule has 3 aromatic rings. The molecule has 0 saturated heterocycles. The van der Waals surface area contributed by atoms with Crippen LogP contribution in [0.25, 0.3) is 0 Å². The molecular formula is C20H25N5O. The molecule has 0 unspecified atom stereocenters. The maximum absolute atomic E-state index is 12.7. The van der Waals surface area contributed by atoms with Gasteiger partial charge in [-0.2, -0.15) is 5.10 Å². The second kappa shape index (κ2) is 7.15. The SMILES string of the molecule is CCn1ccnc1C(=O)Nc1cc(C(C)(C)C)nn1Cc1ccccc1. The lowest BCUT2D eigenvalue weighted by Gasteiger charge is -2.14. The molecule has 1 N–H and O–H groups in total. The van der Waals surface area contributed by atoms with E-state index in [0.717, 1.165) is 11.3 Å². The van der Waals surface area contributed by atoms with E-state index < -0.39 is 0 Å². The van der Waals surface area contributed by atoms with Gasteiger partial charge >= 0.3 is 0 Å². The Morgan fingerprint density at radius 1 is 1.19 bits per heavy atom. The summed E-state index contributed by atoms with van der Waals surface area (Å²) in [7, 11) is 0. The number of imidazole rings is 1. The van der Waals surface area contributed by atoms with Crippen LogP contribution in [0.15, 0.2) is 48.8 Å². The summed E-state index contributed by atoms with van der Waals surface area (Å²) in [5.41, 5.74) is 1.95. The minimum Gasteiger partial charge on any atom is -0.327 e. The molecule has 0 radical (unpaired) electrons. The number of hydrogen-bond donors (Lipinski definition) is 1. The number of aromatic nitrogens is 4. The summed E-state index contributed by atoms with van der Waals surface area (Å²) in [6.45, 7) is 9.59. The van der Waals surface area contributed by atoms with Crippen LogP contribution in [0.4, 0.5) is 5.82 Å².